The summed E-state index contributed by atoms with van der Waals surface area (Å²) in [6.45, 7) is 2.04. The molecular formula is C27H30O14. The van der Waals surface area contributed by atoms with Crippen molar-refractivity contribution in [2.24, 2.45) is 0 Å². The van der Waals surface area contributed by atoms with Crippen LogP contribution in [-0.2, 0) is 14.2 Å². The molecule has 0 bridgehead atoms. The minimum Gasteiger partial charge on any atom is -0.508 e. The minimum atomic E-state index is -1.80. The molecule has 2 saturated heterocycles. The molecule has 10 atom stereocenters. The molecule has 3 aliphatic rings. The van der Waals surface area contributed by atoms with Crippen molar-refractivity contribution in [1.29, 1.82) is 0 Å². The lowest BCUT2D eigenvalue weighted by Crippen LogP contribution is -2.64. The molecule has 222 valence electrons. The lowest BCUT2D eigenvalue weighted by Gasteiger charge is -2.45. The van der Waals surface area contributed by atoms with Crippen LogP contribution in [0.25, 0.3) is 0 Å². The van der Waals surface area contributed by atoms with Crippen LogP contribution in [0.1, 0.15) is 44.3 Å². The van der Waals surface area contributed by atoms with Crippen molar-refractivity contribution in [2.75, 3.05) is 6.61 Å². The van der Waals surface area contributed by atoms with Gasteiger partial charge in [-0.3, -0.25) is 9.59 Å². The number of carbonyl (C=O) groups excluding carboxylic acids is 2. The van der Waals surface area contributed by atoms with Crippen LogP contribution in [0, 0.1) is 6.92 Å². The van der Waals surface area contributed by atoms with E-state index in [-0.39, 0.29) is 39.3 Å². The number of phenols is 2. The van der Waals surface area contributed by atoms with E-state index in [0.29, 0.717) is 0 Å². The largest absolute Gasteiger partial charge is 0.508 e. The van der Waals surface area contributed by atoms with Crippen LogP contribution in [0.2, 0.25) is 0 Å². The molecule has 2 heterocycles. The first-order valence-electron chi connectivity index (χ1n) is 12.8. The number of hydrogen-bond acceptors (Lipinski definition) is 14. The summed E-state index contributed by atoms with van der Waals surface area (Å²) in [6.07, 6.45) is -15.7. The Kier molecular flexibility index (Phi) is 7.80. The summed E-state index contributed by atoms with van der Waals surface area (Å²) in [7, 11) is 0. The Bertz CT molecular complexity index is 1360. The lowest BCUT2D eigenvalue weighted by atomic mass is 9.82. The molecule has 0 amide bonds. The molecule has 2 fully saturated rings. The SMILES string of the molecule is Cc1c(O[C@@H]2O[C@H](CO)[C@@H](O)[C@H](O)[C@H]2O[C@@H]2O[C@@H](C)[C@H](O)[C@@H](O)[C@H]2O)cc2c(c1O)C(=O)c1ccc(O)cc1C2=O. The van der Waals surface area contributed by atoms with Crippen LogP contribution >= 0.6 is 0 Å². The first-order chi connectivity index (χ1) is 19.3. The van der Waals surface area contributed by atoms with Gasteiger partial charge in [0, 0.05) is 22.3 Å². The molecule has 2 aliphatic heterocycles. The fourth-order valence-corrected chi connectivity index (χ4v) is 5.17. The summed E-state index contributed by atoms with van der Waals surface area (Å²) in [6, 6.07) is 4.79. The zero-order valence-corrected chi connectivity index (χ0v) is 21.8. The number of fused-ring (bicyclic) bond motifs is 2. The quantitative estimate of drug-likeness (QED) is 0.167. The maximum Gasteiger partial charge on any atom is 0.229 e. The van der Waals surface area contributed by atoms with Crippen LogP contribution in [-0.4, -0.2) is 120 Å². The van der Waals surface area contributed by atoms with E-state index in [1.54, 1.807) is 0 Å². The second kappa shape index (κ2) is 10.9. The fraction of sp³-hybridized carbons (Fsp3) is 0.481. The Morgan fingerprint density at radius 1 is 0.805 bits per heavy atom. The standard InChI is InChI=1S/C27H30O14/c1-8-14(6-13-16(17(8)30)20(33)11-4-3-10(29)5-12(11)19(13)32)39-27-25(23(36)21(34)15(7-28)40-27)41-26-24(37)22(35)18(31)9(2)38-26/h3-6,9,15,18,21-31,34-37H,7H2,1-2H3/t9-,15+,18-,21+,22+,23-,24+,25+,26-,27+/m0/s1. The molecule has 0 saturated carbocycles. The van der Waals surface area contributed by atoms with E-state index in [1.807, 2.05) is 0 Å². The second-order valence-corrected chi connectivity index (χ2v) is 10.3. The summed E-state index contributed by atoms with van der Waals surface area (Å²) in [5.41, 5.74) is -0.626. The van der Waals surface area contributed by atoms with Gasteiger partial charge in [0.25, 0.3) is 0 Å². The van der Waals surface area contributed by atoms with Crippen LogP contribution in [0.15, 0.2) is 24.3 Å². The number of ether oxygens (including phenoxy) is 4. The number of hydrogen-bond donors (Lipinski definition) is 8. The van der Waals surface area contributed by atoms with Crippen LogP contribution in [0.4, 0.5) is 0 Å². The molecule has 5 rings (SSSR count). The number of benzene rings is 2. The Hall–Kier alpha value is -3.18. The van der Waals surface area contributed by atoms with Crippen LogP contribution < -0.4 is 4.74 Å². The third-order valence-corrected chi connectivity index (χ3v) is 7.64. The van der Waals surface area contributed by atoms with Crippen molar-refractivity contribution in [3.63, 3.8) is 0 Å². The first-order valence-corrected chi connectivity index (χ1v) is 12.8. The van der Waals surface area contributed by atoms with E-state index in [1.165, 1.54) is 26.0 Å². The molecule has 14 nitrogen and oxygen atoms in total. The maximum atomic E-state index is 13.3. The number of rotatable bonds is 5. The van der Waals surface area contributed by atoms with Crippen molar-refractivity contribution in [3.8, 4) is 17.2 Å². The molecule has 0 radical (unpaired) electrons. The predicted molar refractivity (Wildman–Crippen MR) is 133 cm³/mol. The lowest BCUT2D eigenvalue weighted by molar-refractivity contribution is -0.354. The van der Waals surface area contributed by atoms with Gasteiger partial charge in [0.2, 0.25) is 6.29 Å². The van der Waals surface area contributed by atoms with Gasteiger partial charge in [-0.1, -0.05) is 0 Å². The van der Waals surface area contributed by atoms with Crippen LogP contribution in [0.3, 0.4) is 0 Å². The number of phenolic OH excluding ortho intramolecular Hbond substituents is 2. The molecule has 2 aromatic carbocycles. The van der Waals surface area contributed by atoms with Gasteiger partial charge in [-0.05, 0) is 38.1 Å². The molecule has 2 aromatic rings. The van der Waals surface area contributed by atoms with E-state index in [0.717, 1.165) is 12.1 Å². The van der Waals surface area contributed by atoms with Gasteiger partial charge in [-0.25, -0.2) is 0 Å². The Morgan fingerprint density at radius 3 is 2.20 bits per heavy atom. The molecule has 0 unspecified atom stereocenters. The molecule has 1 aliphatic carbocycles. The van der Waals surface area contributed by atoms with E-state index >= 15 is 0 Å². The monoisotopic (exact) mass is 578 g/mol. The number of ketones is 2. The van der Waals surface area contributed by atoms with Crippen molar-refractivity contribution in [1.82, 2.24) is 0 Å². The summed E-state index contributed by atoms with van der Waals surface area (Å²) in [5.74, 6) is -2.36. The topological polar surface area (TPSA) is 233 Å². The Balaban J connectivity index is 1.50. The average molecular weight is 579 g/mol. The van der Waals surface area contributed by atoms with E-state index < -0.39 is 85.3 Å². The summed E-state index contributed by atoms with van der Waals surface area (Å²) < 4.78 is 22.6. The summed E-state index contributed by atoms with van der Waals surface area (Å²) >= 11 is 0. The molecule has 0 aromatic heterocycles. The van der Waals surface area contributed by atoms with Crippen molar-refractivity contribution < 1.29 is 69.4 Å². The van der Waals surface area contributed by atoms with E-state index in [4.69, 9.17) is 18.9 Å². The molecule has 0 spiro atoms. The van der Waals surface area contributed by atoms with Gasteiger partial charge < -0.3 is 59.8 Å². The highest BCUT2D eigenvalue weighted by Gasteiger charge is 2.51. The third-order valence-electron chi connectivity index (χ3n) is 7.64. The smallest absolute Gasteiger partial charge is 0.229 e. The average Bonchev–Trinajstić information content (AvgIpc) is 2.94. The summed E-state index contributed by atoms with van der Waals surface area (Å²) in [5, 5.41) is 82.3. The Morgan fingerprint density at radius 2 is 1.51 bits per heavy atom. The molecule has 8 N–H and O–H groups in total. The number of aliphatic hydroxyl groups is 6. The number of carbonyl (C=O) groups is 2. The molecule has 41 heavy (non-hydrogen) atoms. The minimum absolute atomic E-state index is 0.00300. The van der Waals surface area contributed by atoms with Crippen LogP contribution in [0.5, 0.6) is 17.2 Å². The zero-order chi connectivity index (χ0) is 29.9. The van der Waals surface area contributed by atoms with E-state index in [9.17, 15) is 50.4 Å². The highest BCUT2D eigenvalue weighted by molar-refractivity contribution is 6.29. The number of aliphatic hydroxyl groups excluding tert-OH is 6. The normalized spacial score (nSPS) is 35.1. The van der Waals surface area contributed by atoms with Gasteiger partial charge in [-0.15, -0.1) is 0 Å². The predicted octanol–water partition coefficient (Wildman–Crippen LogP) is -1.79. The zero-order valence-electron chi connectivity index (χ0n) is 21.8. The van der Waals surface area contributed by atoms with Gasteiger partial charge in [-0.2, -0.15) is 0 Å². The second-order valence-electron chi connectivity index (χ2n) is 10.3. The van der Waals surface area contributed by atoms with Gasteiger partial charge in [0.1, 0.15) is 53.9 Å². The molecular weight excluding hydrogens is 548 g/mol. The maximum absolute atomic E-state index is 13.3. The third kappa shape index (κ3) is 4.86. The van der Waals surface area contributed by atoms with E-state index in [2.05, 4.69) is 0 Å². The highest BCUT2D eigenvalue weighted by atomic mass is 16.8. The first kappa shape index (κ1) is 29.3. The van der Waals surface area contributed by atoms with Crippen molar-refractivity contribution in [3.05, 3.63) is 52.1 Å². The van der Waals surface area contributed by atoms with Gasteiger partial charge in [0.15, 0.2) is 24.0 Å². The summed E-state index contributed by atoms with van der Waals surface area (Å²) in [4.78, 5) is 26.4. The number of aromatic hydroxyl groups is 2. The van der Waals surface area contributed by atoms with Crippen molar-refractivity contribution in [2.45, 2.75) is 75.3 Å². The van der Waals surface area contributed by atoms with Gasteiger partial charge in [0.05, 0.1) is 18.3 Å². The van der Waals surface area contributed by atoms with Crippen molar-refractivity contribution >= 4 is 11.6 Å². The van der Waals surface area contributed by atoms with Gasteiger partial charge >= 0.3 is 0 Å². The molecule has 14 heteroatoms. The highest BCUT2D eigenvalue weighted by Crippen LogP contribution is 2.41. The fourth-order valence-electron chi connectivity index (χ4n) is 5.17. The Labute approximate surface area is 232 Å².